The highest BCUT2D eigenvalue weighted by Crippen LogP contribution is 2.61. The molecule has 46 heavy (non-hydrogen) atoms. The molecule has 0 bridgehead atoms. The van der Waals surface area contributed by atoms with E-state index >= 15 is 4.11 Å². The van der Waals surface area contributed by atoms with E-state index in [1.54, 1.807) is 32.7 Å². The van der Waals surface area contributed by atoms with Gasteiger partial charge in [-0.1, -0.05) is 19.1 Å². The maximum Gasteiger partial charge on any atom is 0.264 e. The molecule has 5 aliphatic heterocycles. The van der Waals surface area contributed by atoms with Gasteiger partial charge in [-0.3, -0.25) is 19.2 Å². The van der Waals surface area contributed by atoms with E-state index in [1.807, 2.05) is 49.4 Å². The van der Waals surface area contributed by atoms with Crippen LogP contribution in [0.25, 0.3) is 0 Å². The van der Waals surface area contributed by atoms with E-state index in [2.05, 4.69) is 0 Å². The number of carbonyl (C=O) groups excluding carboxylic acids is 4. The van der Waals surface area contributed by atoms with E-state index in [0.29, 0.717) is 49.4 Å². The molecule has 10 nitrogen and oxygen atoms in total. The van der Waals surface area contributed by atoms with Crippen LogP contribution in [0, 0.1) is 5.92 Å². The highest BCUT2D eigenvalue weighted by Gasteiger charge is 2.67. The Kier molecular flexibility index (Phi) is 7.60. The fraction of sp³-hybridized carbons (Fsp3) is 0.529. The summed E-state index contributed by atoms with van der Waals surface area (Å²) in [6, 6.07) is 12.8. The first-order valence-corrected chi connectivity index (χ1v) is 19.3. The van der Waals surface area contributed by atoms with E-state index in [0.717, 1.165) is 24.1 Å². The van der Waals surface area contributed by atoms with Gasteiger partial charge in [-0.15, -0.1) is 0 Å². The molecule has 0 aromatic heterocycles. The second-order valence-electron chi connectivity index (χ2n) is 13.9. The van der Waals surface area contributed by atoms with E-state index in [-0.39, 0.29) is 49.2 Å². The summed E-state index contributed by atoms with van der Waals surface area (Å²) < 4.78 is 23.1. The van der Waals surface area contributed by atoms with Gasteiger partial charge >= 0.3 is 0 Å². The van der Waals surface area contributed by atoms with Crippen molar-refractivity contribution in [2.75, 3.05) is 40.9 Å². The molecule has 0 saturated carbocycles. The molecule has 7 rings (SSSR count). The van der Waals surface area contributed by atoms with Crippen LogP contribution in [0.5, 0.6) is 0 Å². The molecule has 0 aliphatic carbocycles. The first-order valence-electron chi connectivity index (χ1n) is 16.4. The van der Waals surface area contributed by atoms with Crippen molar-refractivity contribution in [1.82, 2.24) is 4.90 Å². The number of rotatable bonds is 8. The Morgan fingerprint density at radius 2 is 1.65 bits per heavy atom. The van der Waals surface area contributed by atoms with Crippen molar-refractivity contribution in [1.29, 1.82) is 0 Å². The Balaban J connectivity index is 1.26. The van der Waals surface area contributed by atoms with E-state index in [1.165, 1.54) is 0 Å². The number of carbonyl (C=O) groups is 4. The van der Waals surface area contributed by atoms with Crippen LogP contribution in [0.3, 0.4) is 0 Å². The molecular formula is C34H41FN4O6Si. The standard InChI is InChI=1S/C34H41FN4O6Si/c1-21-32(46(2,3)35)28(18-31(43)36-14-4-5-25(36)20-40)45-34(21)26-17-24(38-16-13-30(38)42)10-11-27(26)39(33(34)44)19-22-6-8-23(9-7-22)37-15-12-29(37)41/h6-11,17,21,25,28,32,40H,4-5,12-16,18-20H2,1-3H3/t21-,25+,28+,32-,34+/m1/s1. The molecule has 4 amide bonds. The highest BCUT2D eigenvalue weighted by atomic mass is 28.4. The predicted molar refractivity (Wildman–Crippen MR) is 173 cm³/mol. The number of ether oxygens (including phenoxy) is 1. The second-order valence-corrected chi connectivity index (χ2v) is 17.7. The molecule has 12 heteroatoms. The van der Waals surface area contributed by atoms with Gasteiger partial charge in [0.25, 0.3) is 5.91 Å². The van der Waals surface area contributed by atoms with Crippen molar-refractivity contribution >= 4 is 49.1 Å². The lowest BCUT2D eigenvalue weighted by Gasteiger charge is -2.33. The van der Waals surface area contributed by atoms with Gasteiger partial charge in [-0.05, 0) is 61.8 Å². The third-order valence-electron chi connectivity index (χ3n) is 10.8. The van der Waals surface area contributed by atoms with Crippen molar-refractivity contribution in [2.45, 2.75) is 82.0 Å². The summed E-state index contributed by atoms with van der Waals surface area (Å²) in [5, 5.41) is 9.84. The summed E-state index contributed by atoms with van der Waals surface area (Å²) in [5.74, 6) is -1.00. The molecule has 5 aliphatic rings. The number of anilines is 3. The minimum atomic E-state index is -3.50. The van der Waals surface area contributed by atoms with Gasteiger partial charge in [-0.2, -0.15) is 0 Å². The van der Waals surface area contributed by atoms with Crippen LogP contribution in [-0.2, 0) is 36.1 Å². The average Bonchev–Trinajstić information content (AvgIpc) is 3.67. The SMILES string of the molecule is C[C@@H]1[C@@H]([Si](C)(C)F)[C@H](CC(=O)N2CCC[C@H]2CO)O[C@@]12C(=O)N(Cc1ccc(N3CCC3=O)cc1)c1ccc(N3CCC3=O)cc12. The summed E-state index contributed by atoms with van der Waals surface area (Å²) in [4.78, 5) is 59.5. The maximum absolute atomic E-state index is 16.3. The van der Waals surface area contributed by atoms with E-state index in [9.17, 15) is 24.3 Å². The number of aliphatic hydroxyl groups is 1. The third kappa shape index (κ3) is 4.79. The van der Waals surface area contributed by atoms with Crippen LogP contribution in [0.2, 0.25) is 18.6 Å². The molecule has 1 spiro atoms. The summed E-state index contributed by atoms with van der Waals surface area (Å²) in [7, 11) is -3.50. The van der Waals surface area contributed by atoms with Crippen LogP contribution in [-0.4, -0.2) is 80.4 Å². The van der Waals surface area contributed by atoms with Gasteiger partial charge in [0.2, 0.25) is 26.1 Å². The van der Waals surface area contributed by atoms with Gasteiger partial charge in [0.15, 0.2) is 5.60 Å². The van der Waals surface area contributed by atoms with E-state index < -0.39 is 31.6 Å². The van der Waals surface area contributed by atoms with Gasteiger partial charge in [-0.25, -0.2) is 0 Å². The Bertz CT molecular complexity index is 1600. The minimum absolute atomic E-state index is 0.000887. The quantitative estimate of drug-likeness (QED) is 0.265. The van der Waals surface area contributed by atoms with Gasteiger partial charge in [0.1, 0.15) is 0 Å². The van der Waals surface area contributed by atoms with Gasteiger partial charge in [0, 0.05) is 60.9 Å². The van der Waals surface area contributed by atoms with Crippen molar-refractivity contribution < 1.29 is 33.1 Å². The second kappa shape index (κ2) is 11.3. The molecule has 0 unspecified atom stereocenters. The number of halogens is 1. The number of hydrogen-bond acceptors (Lipinski definition) is 6. The Morgan fingerprint density at radius 1 is 1.00 bits per heavy atom. The van der Waals surface area contributed by atoms with Gasteiger partial charge < -0.3 is 33.6 Å². The van der Waals surface area contributed by atoms with Crippen LogP contribution in [0.15, 0.2) is 42.5 Å². The first kappa shape index (κ1) is 31.0. The van der Waals surface area contributed by atoms with Crippen molar-refractivity contribution in [3.05, 3.63) is 53.6 Å². The molecule has 1 N–H and O–H groups in total. The molecule has 244 valence electrons. The fourth-order valence-electron chi connectivity index (χ4n) is 8.34. The van der Waals surface area contributed by atoms with Crippen LogP contribution in [0.1, 0.15) is 50.2 Å². The number of nitrogens with zero attached hydrogens (tertiary/aromatic N) is 4. The summed E-state index contributed by atoms with van der Waals surface area (Å²) >= 11 is 0. The minimum Gasteiger partial charge on any atom is -0.394 e. The Hall–Kier alpha value is -3.61. The average molecular weight is 649 g/mol. The Labute approximate surface area is 269 Å². The molecule has 2 aromatic carbocycles. The van der Waals surface area contributed by atoms with Crippen LogP contribution < -0.4 is 14.7 Å². The largest absolute Gasteiger partial charge is 0.394 e. The third-order valence-corrected chi connectivity index (χ3v) is 13.3. The highest BCUT2D eigenvalue weighted by molar-refractivity contribution is 6.72. The zero-order valence-corrected chi connectivity index (χ0v) is 27.6. The molecule has 2 aromatic rings. The zero-order chi connectivity index (χ0) is 32.5. The summed E-state index contributed by atoms with van der Waals surface area (Å²) in [6.07, 6.45) is 1.61. The van der Waals surface area contributed by atoms with Crippen LogP contribution >= 0.6 is 0 Å². The lowest BCUT2D eigenvalue weighted by Crippen LogP contribution is -2.45. The number of β-lactam (4-membered cyclic amide) rings is 2. The first-order chi connectivity index (χ1) is 21.9. The normalized spacial score (nSPS) is 29.1. The Morgan fingerprint density at radius 3 is 2.24 bits per heavy atom. The number of likely N-dealkylation sites (tertiary alicyclic amines) is 1. The van der Waals surface area contributed by atoms with Crippen molar-refractivity contribution in [2.24, 2.45) is 5.92 Å². The number of fused-ring (bicyclic) bond motifs is 2. The lowest BCUT2D eigenvalue weighted by atomic mass is 9.82. The van der Waals surface area contributed by atoms with Crippen LogP contribution in [0.4, 0.5) is 21.2 Å². The molecule has 0 radical (unpaired) electrons. The fourth-order valence-corrected chi connectivity index (χ4v) is 10.8. The van der Waals surface area contributed by atoms with Crippen molar-refractivity contribution in [3.63, 3.8) is 0 Å². The number of amides is 4. The molecular weight excluding hydrogens is 607 g/mol. The lowest BCUT2D eigenvalue weighted by molar-refractivity contribution is -0.150. The maximum atomic E-state index is 16.3. The summed E-state index contributed by atoms with van der Waals surface area (Å²) in [6.45, 7) is 6.99. The monoisotopic (exact) mass is 648 g/mol. The number of benzene rings is 2. The summed E-state index contributed by atoms with van der Waals surface area (Å²) in [5.41, 5.74) is 1.39. The molecule has 4 saturated heterocycles. The topological polar surface area (TPSA) is 111 Å². The van der Waals surface area contributed by atoms with Gasteiger partial charge in [0.05, 0.1) is 37.4 Å². The zero-order valence-electron chi connectivity index (χ0n) is 26.6. The molecule has 4 fully saturated rings. The predicted octanol–water partition coefficient (Wildman–Crippen LogP) is 3.86. The number of aliphatic hydroxyl groups excluding tert-OH is 1. The number of hydrogen-bond donors (Lipinski definition) is 1. The van der Waals surface area contributed by atoms with Crippen molar-refractivity contribution in [3.8, 4) is 0 Å². The smallest absolute Gasteiger partial charge is 0.264 e. The molecule has 5 heterocycles. The van der Waals surface area contributed by atoms with E-state index in [4.69, 9.17) is 4.74 Å². The molecule has 5 atom stereocenters.